The van der Waals surface area contributed by atoms with Gasteiger partial charge in [-0.3, -0.25) is 9.78 Å². The summed E-state index contributed by atoms with van der Waals surface area (Å²) in [6.45, 7) is -0.0487. The van der Waals surface area contributed by atoms with Crippen LogP contribution < -0.4 is 10.2 Å². The number of benzene rings is 1. The number of nitriles is 1. The molecule has 0 aliphatic rings. The first-order valence-corrected chi connectivity index (χ1v) is 6.13. The molecule has 0 bridgehead atoms. The number of hydrazone groups is 1. The van der Waals surface area contributed by atoms with Crippen LogP contribution in [0.1, 0.15) is 15.9 Å². The summed E-state index contributed by atoms with van der Waals surface area (Å²) in [5.41, 5.74) is 3.49. The smallest absolute Gasteiger partial charge is 0.272 e. The Kier molecular flexibility index (Phi) is 5.01. The average Bonchev–Trinajstić information content (AvgIpc) is 2.54. The predicted octanol–water partition coefficient (Wildman–Crippen LogP) is 1.75. The highest BCUT2D eigenvalue weighted by Gasteiger charge is 2.03. The zero-order chi connectivity index (χ0) is 14.9. The maximum Gasteiger partial charge on any atom is 0.272 e. The third-order valence-corrected chi connectivity index (χ3v) is 2.50. The van der Waals surface area contributed by atoms with E-state index in [0.717, 1.165) is 0 Å². The van der Waals surface area contributed by atoms with Crippen molar-refractivity contribution in [2.45, 2.75) is 0 Å². The van der Waals surface area contributed by atoms with Crippen LogP contribution in [0.25, 0.3) is 0 Å². The van der Waals surface area contributed by atoms with Crippen molar-refractivity contribution >= 4 is 12.1 Å². The normalized spacial score (nSPS) is 10.0. The van der Waals surface area contributed by atoms with Gasteiger partial charge >= 0.3 is 0 Å². The van der Waals surface area contributed by atoms with Crippen molar-refractivity contribution in [1.29, 1.82) is 5.26 Å². The lowest BCUT2D eigenvalue weighted by Gasteiger charge is -2.04. The van der Waals surface area contributed by atoms with E-state index >= 15 is 0 Å². The average molecular weight is 280 g/mol. The zero-order valence-corrected chi connectivity index (χ0v) is 11.1. The first kappa shape index (κ1) is 14.2. The third kappa shape index (κ3) is 4.14. The van der Waals surface area contributed by atoms with Crippen LogP contribution in [-0.2, 0) is 0 Å². The van der Waals surface area contributed by atoms with Crippen LogP contribution in [0.5, 0.6) is 5.75 Å². The lowest BCUT2D eigenvalue weighted by molar-refractivity contribution is 0.0955. The van der Waals surface area contributed by atoms with Crippen LogP contribution in [-0.4, -0.2) is 23.7 Å². The minimum Gasteiger partial charge on any atom is -0.478 e. The van der Waals surface area contributed by atoms with Gasteiger partial charge in [-0.25, -0.2) is 5.43 Å². The van der Waals surface area contributed by atoms with Gasteiger partial charge in [0.05, 0.1) is 11.8 Å². The molecule has 2 rings (SSSR count). The molecule has 0 aliphatic carbocycles. The van der Waals surface area contributed by atoms with E-state index in [2.05, 4.69) is 15.5 Å². The number of rotatable bonds is 5. The molecule has 1 aromatic heterocycles. The Morgan fingerprint density at radius 3 is 3.00 bits per heavy atom. The van der Waals surface area contributed by atoms with Gasteiger partial charge in [-0.2, -0.15) is 10.4 Å². The molecule has 2 aromatic rings. The lowest BCUT2D eigenvalue weighted by atomic mass is 10.2. The zero-order valence-electron chi connectivity index (χ0n) is 11.1. The Hall–Kier alpha value is -3.20. The standard InChI is InChI=1S/C15H12N4O2/c16-7-9-21-14-6-2-1-4-12(14)11-18-19-15(20)13-5-3-8-17-10-13/h1-6,8,10-11H,9H2,(H,19,20). The minimum atomic E-state index is -0.352. The van der Waals surface area contributed by atoms with E-state index in [-0.39, 0.29) is 12.5 Å². The van der Waals surface area contributed by atoms with Gasteiger partial charge in [0.15, 0.2) is 6.61 Å². The molecular formula is C15H12N4O2. The van der Waals surface area contributed by atoms with Crippen LogP contribution in [0.2, 0.25) is 0 Å². The fourth-order valence-electron chi connectivity index (χ4n) is 1.55. The van der Waals surface area contributed by atoms with Crippen molar-refractivity contribution in [3.05, 3.63) is 59.9 Å². The van der Waals surface area contributed by atoms with Crippen molar-refractivity contribution in [3.63, 3.8) is 0 Å². The van der Waals surface area contributed by atoms with Gasteiger partial charge in [0, 0.05) is 18.0 Å². The number of hydrogen-bond acceptors (Lipinski definition) is 5. The summed E-state index contributed by atoms with van der Waals surface area (Å²) in [5, 5.41) is 12.4. The Labute approximate surface area is 121 Å². The first-order valence-electron chi connectivity index (χ1n) is 6.13. The van der Waals surface area contributed by atoms with Gasteiger partial charge in [-0.1, -0.05) is 12.1 Å². The molecule has 21 heavy (non-hydrogen) atoms. The predicted molar refractivity (Wildman–Crippen MR) is 76.8 cm³/mol. The van der Waals surface area contributed by atoms with E-state index in [0.29, 0.717) is 16.9 Å². The number of carbonyl (C=O) groups excluding carboxylic acids is 1. The topological polar surface area (TPSA) is 87.4 Å². The SMILES string of the molecule is N#CCOc1ccccc1C=NNC(=O)c1cccnc1. The molecule has 104 valence electrons. The number of nitrogens with one attached hydrogen (secondary N) is 1. The number of nitrogens with zero attached hydrogens (tertiary/aromatic N) is 3. The summed E-state index contributed by atoms with van der Waals surface area (Å²) < 4.78 is 5.25. The molecule has 6 nitrogen and oxygen atoms in total. The first-order chi connectivity index (χ1) is 10.3. The monoisotopic (exact) mass is 280 g/mol. The van der Waals surface area contributed by atoms with E-state index in [1.807, 2.05) is 12.1 Å². The summed E-state index contributed by atoms with van der Waals surface area (Å²) in [6, 6.07) is 12.3. The Bertz CT molecular complexity index is 678. The summed E-state index contributed by atoms with van der Waals surface area (Å²) >= 11 is 0. The van der Waals surface area contributed by atoms with E-state index in [4.69, 9.17) is 10.00 Å². The molecule has 0 spiro atoms. The van der Waals surface area contributed by atoms with Crippen molar-refractivity contribution in [1.82, 2.24) is 10.4 Å². The van der Waals surface area contributed by atoms with Gasteiger partial charge < -0.3 is 4.74 Å². The van der Waals surface area contributed by atoms with Crippen LogP contribution in [0.4, 0.5) is 0 Å². The van der Waals surface area contributed by atoms with Crippen LogP contribution in [0.15, 0.2) is 53.9 Å². The second-order valence-corrected chi connectivity index (χ2v) is 3.93. The number of para-hydroxylation sites is 1. The van der Waals surface area contributed by atoms with Gasteiger partial charge in [0.25, 0.3) is 5.91 Å². The van der Waals surface area contributed by atoms with Crippen molar-refractivity contribution in [2.24, 2.45) is 5.10 Å². The fraction of sp³-hybridized carbons (Fsp3) is 0.0667. The minimum absolute atomic E-state index is 0.0487. The molecule has 0 radical (unpaired) electrons. The molecule has 0 aliphatic heterocycles. The highest BCUT2D eigenvalue weighted by molar-refractivity contribution is 5.94. The fourth-order valence-corrected chi connectivity index (χ4v) is 1.55. The molecule has 0 saturated carbocycles. The summed E-state index contributed by atoms with van der Waals surface area (Å²) in [5.74, 6) is 0.174. The maximum atomic E-state index is 11.8. The van der Waals surface area contributed by atoms with E-state index < -0.39 is 0 Å². The molecular weight excluding hydrogens is 268 g/mol. The van der Waals surface area contributed by atoms with Crippen LogP contribution >= 0.6 is 0 Å². The van der Waals surface area contributed by atoms with Crippen molar-refractivity contribution in [2.75, 3.05) is 6.61 Å². The number of hydrogen-bond donors (Lipinski definition) is 1. The van der Waals surface area contributed by atoms with E-state index in [1.165, 1.54) is 12.4 Å². The van der Waals surface area contributed by atoms with Crippen LogP contribution in [0, 0.1) is 11.3 Å². The molecule has 1 N–H and O–H groups in total. The Balaban J connectivity index is 2.02. The van der Waals surface area contributed by atoms with Gasteiger partial charge in [0.1, 0.15) is 11.8 Å². The highest BCUT2D eigenvalue weighted by atomic mass is 16.5. The lowest BCUT2D eigenvalue weighted by Crippen LogP contribution is -2.17. The van der Waals surface area contributed by atoms with Gasteiger partial charge in [-0.15, -0.1) is 0 Å². The number of amides is 1. The summed E-state index contributed by atoms with van der Waals surface area (Å²) in [6.07, 6.45) is 4.50. The Morgan fingerprint density at radius 2 is 2.24 bits per heavy atom. The molecule has 0 atom stereocenters. The molecule has 0 unspecified atom stereocenters. The maximum absolute atomic E-state index is 11.8. The molecule has 1 aromatic carbocycles. The van der Waals surface area contributed by atoms with Gasteiger partial charge in [0.2, 0.25) is 0 Å². The molecule has 0 saturated heterocycles. The van der Waals surface area contributed by atoms with Crippen molar-refractivity contribution in [3.8, 4) is 11.8 Å². The second kappa shape index (κ2) is 7.40. The van der Waals surface area contributed by atoms with E-state index in [9.17, 15) is 4.79 Å². The number of aromatic nitrogens is 1. The molecule has 6 heteroatoms. The number of pyridine rings is 1. The largest absolute Gasteiger partial charge is 0.478 e. The van der Waals surface area contributed by atoms with Crippen LogP contribution in [0.3, 0.4) is 0 Å². The second-order valence-electron chi connectivity index (χ2n) is 3.93. The Morgan fingerprint density at radius 1 is 1.38 bits per heavy atom. The summed E-state index contributed by atoms with van der Waals surface area (Å²) in [4.78, 5) is 15.6. The number of ether oxygens (including phenoxy) is 1. The summed E-state index contributed by atoms with van der Waals surface area (Å²) in [7, 11) is 0. The number of carbonyl (C=O) groups is 1. The third-order valence-electron chi connectivity index (χ3n) is 2.50. The van der Waals surface area contributed by atoms with E-state index in [1.54, 1.807) is 36.5 Å². The quantitative estimate of drug-likeness (QED) is 0.667. The molecule has 0 fully saturated rings. The van der Waals surface area contributed by atoms with Crippen molar-refractivity contribution < 1.29 is 9.53 Å². The highest BCUT2D eigenvalue weighted by Crippen LogP contribution is 2.15. The molecule has 1 amide bonds. The molecule has 1 heterocycles. The van der Waals surface area contributed by atoms with Gasteiger partial charge in [-0.05, 0) is 24.3 Å².